The maximum atomic E-state index is 11.0. The summed E-state index contributed by atoms with van der Waals surface area (Å²) in [5, 5.41) is 0. The summed E-state index contributed by atoms with van der Waals surface area (Å²) in [6, 6.07) is 0. The Morgan fingerprint density at radius 3 is 1.88 bits per heavy atom. The minimum atomic E-state index is -4.86. The molecular weight excluding hydrogens is 244 g/mol. The highest BCUT2D eigenvalue weighted by Gasteiger charge is 2.40. The zero-order valence-electron chi connectivity index (χ0n) is 3.33. The van der Waals surface area contributed by atoms with Gasteiger partial charge in [-0.2, -0.15) is 13.2 Å². The van der Waals surface area contributed by atoms with Gasteiger partial charge in [-0.25, -0.2) is 4.79 Å². The van der Waals surface area contributed by atoms with E-state index < -0.39 is 12.1 Å². The lowest BCUT2D eigenvalue weighted by atomic mass is 10.7. The predicted octanol–water partition coefficient (Wildman–Crippen LogP) is 1.44. The van der Waals surface area contributed by atoms with Crippen LogP contribution in [0.3, 0.4) is 0 Å². The molecule has 0 rings (SSSR count). The van der Waals surface area contributed by atoms with E-state index in [0.29, 0.717) is 0 Å². The Balaban J connectivity index is 3.82. The molecule has 0 saturated carbocycles. The quantitative estimate of drug-likeness (QED) is 0.602. The van der Waals surface area contributed by atoms with Crippen LogP contribution in [0.4, 0.5) is 13.2 Å². The monoisotopic (exact) mass is 244 g/mol. The van der Waals surface area contributed by atoms with Crippen LogP contribution in [0.1, 0.15) is 0 Å². The molecule has 0 fully saturated rings. The molecule has 0 aromatic heterocycles. The number of rotatable bonds is 0. The fourth-order valence-corrected chi connectivity index (χ4v) is 0.293. The molecule has 0 aliphatic heterocycles. The van der Waals surface area contributed by atoms with Crippen molar-refractivity contribution in [2.24, 2.45) is 0 Å². The largest absolute Gasteiger partial charge is 0.491 e. The van der Waals surface area contributed by atoms with Crippen LogP contribution in [-0.2, 0) is 7.86 Å². The Morgan fingerprint density at radius 2 is 1.88 bits per heavy atom. The zero-order valence-corrected chi connectivity index (χ0v) is 5.49. The topological polar surface area (TPSA) is 26.3 Å². The number of halogens is 4. The van der Waals surface area contributed by atoms with Gasteiger partial charge in [0.1, 0.15) is 0 Å². The molecule has 0 bridgehead atoms. The lowest BCUT2D eigenvalue weighted by molar-refractivity contribution is -0.186. The fourth-order valence-electron chi connectivity index (χ4n) is 0.0437. The van der Waals surface area contributed by atoms with Gasteiger partial charge in [-0.1, -0.05) is 0 Å². The first-order valence-corrected chi connectivity index (χ1v) is 2.26. The van der Waals surface area contributed by atoms with E-state index >= 15 is 0 Å². The highest BCUT2D eigenvalue weighted by atomic mass is 131. The van der Waals surface area contributed by atoms with Crippen LogP contribution in [0.25, 0.3) is 0 Å². The summed E-state index contributed by atoms with van der Waals surface area (Å²) in [6.45, 7) is 0. The van der Waals surface area contributed by atoms with Crippen LogP contribution < -0.4 is 0 Å². The molecule has 0 radical (unpaired) electrons. The highest BCUT2D eigenvalue weighted by molar-refractivity contribution is 14.1. The summed E-state index contributed by atoms with van der Waals surface area (Å²) in [4.78, 5) is 9.48. The van der Waals surface area contributed by atoms with Crippen molar-refractivity contribution >= 4 is 29.0 Å². The van der Waals surface area contributed by atoms with E-state index in [4.69, 9.17) is 0 Å². The first kappa shape index (κ1) is 7.99. The zero-order chi connectivity index (χ0) is 6.78. The van der Waals surface area contributed by atoms with Crippen molar-refractivity contribution < 1.29 is 21.0 Å². The Bertz CT molecular complexity index is 97.9. The number of alkyl halides is 3. The Labute approximate surface area is 56.7 Å². The van der Waals surface area contributed by atoms with E-state index in [1.807, 2.05) is 0 Å². The van der Waals surface area contributed by atoms with Gasteiger partial charge in [0.25, 0.3) is 0 Å². The summed E-state index contributed by atoms with van der Waals surface area (Å²) in [7, 11) is 0. The van der Waals surface area contributed by atoms with Crippen LogP contribution in [0, 0.1) is 0 Å². The molecule has 0 aromatic rings. The molecule has 0 saturated heterocycles. The average molecular weight is 244 g/mol. The molecular formula is C2F3IO2. The molecule has 6 heteroatoms. The molecule has 0 amide bonds. The number of hydrogen-bond donors (Lipinski definition) is 0. The van der Waals surface area contributed by atoms with Crippen LogP contribution in [0.5, 0.6) is 0 Å². The van der Waals surface area contributed by atoms with Crippen molar-refractivity contribution in [3.63, 3.8) is 0 Å². The standard InChI is InChI=1S/C2F3IO2/c3-2(4,5)1(7)8-6/i6+4. The molecule has 48 valence electrons. The van der Waals surface area contributed by atoms with Crippen molar-refractivity contribution in [1.29, 1.82) is 0 Å². The molecule has 0 aliphatic carbocycles. The van der Waals surface area contributed by atoms with Gasteiger partial charge in [0.15, 0.2) is 23.0 Å². The van der Waals surface area contributed by atoms with Crippen LogP contribution in [0.2, 0.25) is 0 Å². The minimum absolute atomic E-state index is 0.869. The normalized spacial score (nSPS) is 11.0. The van der Waals surface area contributed by atoms with E-state index in [2.05, 4.69) is 3.07 Å². The van der Waals surface area contributed by atoms with Gasteiger partial charge < -0.3 is 3.07 Å². The maximum Gasteiger partial charge on any atom is 0.491 e. The summed E-state index contributed by atoms with van der Waals surface area (Å²) in [5.41, 5.74) is 0. The van der Waals surface area contributed by atoms with Crippen molar-refractivity contribution in [2.75, 3.05) is 0 Å². The number of hydrogen-bond acceptors (Lipinski definition) is 2. The minimum Gasteiger partial charge on any atom is -0.388 e. The van der Waals surface area contributed by atoms with Crippen LogP contribution in [0.15, 0.2) is 0 Å². The molecule has 0 spiro atoms. The highest BCUT2D eigenvalue weighted by Crippen LogP contribution is 2.17. The second-order valence-electron chi connectivity index (χ2n) is 0.862. The second-order valence-corrected chi connectivity index (χ2v) is 1.30. The molecule has 8 heavy (non-hydrogen) atoms. The van der Waals surface area contributed by atoms with Crippen molar-refractivity contribution in [1.82, 2.24) is 0 Å². The number of carbonyl (C=O) groups is 1. The molecule has 0 N–H and O–H groups in total. The van der Waals surface area contributed by atoms with Crippen molar-refractivity contribution in [3.05, 3.63) is 0 Å². The SMILES string of the molecule is O=C(O[131I])C(F)(F)F. The molecule has 0 atom stereocenters. The third-order valence-corrected chi connectivity index (χ3v) is 0.702. The predicted molar refractivity (Wildman–Crippen MR) is 26.2 cm³/mol. The first-order valence-electron chi connectivity index (χ1n) is 1.38. The third kappa shape index (κ3) is 2.34. The second kappa shape index (κ2) is 2.51. The summed E-state index contributed by atoms with van der Waals surface area (Å²) in [5.74, 6) is -2.18. The molecule has 2 nitrogen and oxygen atoms in total. The van der Waals surface area contributed by atoms with E-state index in [0.717, 1.165) is 23.0 Å². The van der Waals surface area contributed by atoms with Gasteiger partial charge in [-0.05, 0) is 0 Å². The smallest absolute Gasteiger partial charge is 0.388 e. The lowest BCUT2D eigenvalue weighted by Gasteiger charge is -1.98. The van der Waals surface area contributed by atoms with Gasteiger partial charge >= 0.3 is 12.1 Å². The van der Waals surface area contributed by atoms with E-state index in [1.54, 1.807) is 0 Å². The lowest BCUT2D eigenvalue weighted by Crippen LogP contribution is -2.21. The van der Waals surface area contributed by atoms with Gasteiger partial charge in [0, 0.05) is 0 Å². The van der Waals surface area contributed by atoms with Gasteiger partial charge in [-0.15, -0.1) is 0 Å². The Morgan fingerprint density at radius 1 is 1.50 bits per heavy atom. The van der Waals surface area contributed by atoms with Crippen LogP contribution in [-0.4, -0.2) is 12.1 Å². The average Bonchev–Trinajstić information content (AvgIpc) is 1.62. The van der Waals surface area contributed by atoms with E-state index in [9.17, 15) is 18.0 Å². The first-order chi connectivity index (χ1) is 3.48. The van der Waals surface area contributed by atoms with Crippen molar-refractivity contribution in [2.45, 2.75) is 6.18 Å². The van der Waals surface area contributed by atoms with Gasteiger partial charge in [0.2, 0.25) is 0 Å². The molecule has 0 unspecified atom stereocenters. The summed E-state index contributed by atoms with van der Waals surface area (Å²) < 4.78 is 36.2. The summed E-state index contributed by atoms with van der Waals surface area (Å²) >= 11 is 0.869. The van der Waals surface area contributed by atoms with Crippen LogP contribution >= 0.6 is 23.0 Å². The Hall–Kier alpha value is -0.0100. The molecule has 0 heterocycles. The van der Waals surface area contributed by atoms with E-state index in [-0.39, 0.29) is 0 Å². The van der Waals surface area contributed by atoms with E-state index in [1.165, 1.54) is 0 Å². The molecule has 0 aromatic carbocycles. The summed E-state index contributed by atoms with van der Waals surface area (Å²) in [6.07, 6.45) is -4.86. The number of carbonyl (C=O) groups excluding carboxylic acids is 1. The van der Waals surface area contributed by atoms with Gasteiger partial charge in [0.05, 0.1) is 0 Å². The molecule has 0 aliphatic rings. The fraction of sp³-hybridized carbons (Fsp3) is 0.500. The van der Waals surface area contributed by atoms with Gasteiger partial charge in [-0.3, -0.25) is 0 Å². The third-order valence-electron chi connectivity index (χ3n) is 0.302. The Kier molecular flexibility index (Phi) is 2.51. The maximum absolute atomic E-state index is 11.0. The van der Waals surface area contributed by atoms with Crippen molar-refractivity contribution in [3.8, 4) is 0 Å².